The summed E-state index contributed by atoms with van der Waals surface area (Å²) in [5, 5.41) is 9.05. The van der Waals surface area contributed by atoms with Gasteiger partial charge in [0, 0.05) is 17.7 Å². The molecule has 0 aliphatic carbocycles. The van der Waals surface area contributed by atoms with E-state index >= 15 is 0 Å². The zero-order valence-corrected chi connectivity index (χ0v) is 11.7. The summed E-state index contributed by atoms with van der Waals surface area (Å²) in [6.45, 7) is 1.54. The smallest absolute Gasteiger partial charge is 0.304 e. The molecule has 0 amide bonds. The Balaban J connectivity index is 2.63. The average molecular weight is 313 g/mol. The summed E-state index contributed by atoms with van der Waals surface area (Å²) in [5.74, 6) is -2.71. The van der Waals surface area contributed by atoms with Crippen molar-refractivity contribution in [2.24, 2.45) is 0 Å². The molecule has 1 unspecified atom stereocenters. The second kappa shape index (κ2) is 5.73. The van der Waals surface area contributed by atoms with E-state index in [-0.39, 0.29) is 16.5 Å². The van der Waals surface area contributed by atoms with Crippen LogP contribution < -0.4 is 0 Å². The second-order valence-corrected chi connectivity index (χ2v) is 5.11. The van der Waals surface area contributed by atoms with Crippen LogP contribution in [0, 0.1) is 11.6 Å². The summed E-state index contributed by atoms with van der Waals surface area (Å²) < 4.78 is 26.9. The van der Waals surface area contributed by atoms with Crippen LogP contribution >= 0.6 is 11.6 Å². The third-order valence-electron chi connectivity index (χ3n) is 3.20. The maximum absolute atomic E-state index is 13.4. The lowest BCUT2D eigenvalue weighted by atomic mass is 9.76. The van der Waals surface area contributed by atoms with E-state index < -0.39 is 29.4 Å². The van der Waals surface area contributed by atoms with Crippen molar-refractivity contribution in [1.82, 2.24) is 9.97 Å². The molecule has 2 rings (SSSR count). The lowest BCUT2D eigenvalue weighted by molar-refractivity contribution is -0.138. The van der Waals surface area contributed by atoms with E-state index in [0.29, 0.717) is 0 Å². The maximum atomic E-state index is 13.4. The predicted octanol–water partition coefficient (Wildman–Crippen LogP) is 3.19. The molecule has 0 bridgehead atoms. The van der Waals surface area contributed by atoms with Crippen molar-refractivity contribution < 1.29 is 18.7 Å². The molecule has 110 valence electrons. The van der Waals surface area contributed by atoms with Crippen LogP contribution in [-0.2, 0) is 10.2 Å². The van der Waals surface area contributed by atoms with Crippen molar-refractivity contribution in [3.63, 3.8) is 0 Å². The highest BCUT2D eigenvalue weighted by Crippen LogP contribution is 2.35. The molecule has 0 fully saturated rings. The molecule has 0 saturated carbocycles. The van der Waals surface area contributed by atoms with E-state index in [1.54, 1.807) is 0 Å². The Morgan fingerprint density at radius 3 is 2.48 bits per heavy atom. The Bertz CT molecular complexity index is 676. The third kappa shape index (κ3) is 3.33. The van der Waals surface area contributed by atoms with Crippen molar-refractivity contribution in [2.45, 2.75) is 18.8 Å². The van der Waals surface area contributed by atoms with Crippen molar-refractivity contribution in [3.8, 4) is 0 Å². The number of nitrogens with zero attached hydrogens (tertiary/aromatic N) is 2. The van der Waals surface area contributed by atoms with Gasteiger partial charge in [-0.3, -0.25) is 4.79 Å². The number of aliphatic carboxylic acids is 1. The Kier molecular flexibility index (Phi) is 4.18. The molecule has 0 saturated heterocycles. The Morgan fingerprint density at radius 2 is 1.95 bits per heavy atom. The number of carboxylic acids is 1. The first kappa shape index (κ1) is 15.3. The molecule has 1 aromatic carbocycles. The van der Waals surface area contributed by atoms with E-state index in [2.05, 4.69) is 9.97 Å². The minimum atomic E-state index is -1.23. The van der Waals surface area contributed by atoms with Gasteiger partial charge in [-0.05, 0) is 42.3 Å². The van der Waals surface area contributed by atoms with Gasteiger partial charge < -0.3 is 5.11 Å². The van der Waals surface area contributed by atoms with Crippen LogP contribution in [-0.4, -0.2) is 21.0 Å². The number of halogens is 3. The van der Waals surface area contributed by atoms with E-state index in [4.69, 9.17) is 16.7 Å². The molecule has 0 aliphatic rings. The van der Waals surface area contributed by atoms with Gasteiger partial charge in [0.15, 0.2) is 0 Å². The zero-order chi connectivity index (χ0) is 15.6. The molecule has 0 spiro atoms. The van der Waals surface area contributed by atoms with Crippen LogP contribution in [0.1, 0.15) is 24.6 Å². The van der Waals surface area contributed by atoms with Crippen LogP contribution in [0.15, 0.2) is 30.5 Å². The highest BCUT2D eigenvalue weighted by Gasteiger charge is 2.34. The van der Waals surface area contributed by atoms with Crippen LogP contribution in [0.3, 0.4) is 0 Å². The lowest BCUT2D eigenvalue weighted by Gasteiger charge is -2.28. The number of hydrogen-bond acceptors (Lipinski definition) is 3. The minimum Gasteiger partial charge on any atom is -0.481 e. The fraction of sp³-hybridized carbons (Fsp3) is 0.214. The number of aromatic nitrogens is 2. The highest BCUT2D eigenvalue weighted by atomic mass is 35.5. The van der Waals surface area contributed by atoms with E-state index in [9.17, 15) is 13.6 Å². The topological polar surface area (TPSA) is 63.1 Å². The summed E-state index contributed by atoms with van der Waals surface area (Å²) in [5.41, 5.74) is -0.798. The first-order valence-corrected chi connectivity index (χ1v) is 6.36. The van der Waals surface area contributed by atoms with Crippen LogP contribution in [0.5, 0.6) is 0 Å². The van der Waals surface area contributed by atoms with Gasteiger partial charge in [0.2, 0.25) is 5.28 Å². The summed E-state index contributed by atoms with van der Waals surface area (Å²) in [6.07, 6.45) is 0.962. The second-order valence-electron chi connectivity index (χ2n) is 4.77. The van der Waals surface area contributed by atoms with Gasteiger partial charge in [-0.1, -0.05) is 0 Å². The van der Waals surface area contributed by atoms with Gasteiger partial charge >= 0.3 is 5.97 Å². The molecule has 0 radical (unpaired) electrons. The molecular weight excluding hydrogens is 302 g/mol. The number of carboxylic acid groups (broad SMARTS) is 1. The molecule has 4 nitrogen and oxygen atoms in total. The maximum Gasteiger partial charge on any atom is 0.304 e. The minimum absolute atomic E-state index is 0.0685. The van der Waals surface area contributed by atoms with Crippen molar-refractivity contribution >= 4 is 17.6 Å². The Labute approximate surface area is 124 Å². The molecule has 1 atom stereocenters. The third-order valence-corrected chi connectivity index (χ3v) is 3.38. The molecule has 1 aromatic heterocycles. The monoisotopic (exact) mass is 312 g/mol. The molecule has 1 N–H and O–H groups in total. The zero-order valence-electron chi connectivity index (χ0n) is 11.0. The first-order chi connectivity index (χ1) is 9.81. The summed E-state index contributed by atoms with van der Waals surface area (Å²) >= 11 is 5.72. The molecule has 1 heterocycles. The summed E-state index contributed by atoms with van der Waals surface area (Å²) in [4.78, 5) is 18.9. The summed E-state index contributed by atoms with van der Waals surface area (Å²) in [6, 6.07) is 4.36. The molecular formula is C14H11ClF2N2O2. The quantitative estimate of drug-likeness (QED) is 0.881. The lowest BCUT2D eigenvalue weighted by Crippen LogP contribution is -2.29. The number of benzene rings is 1. The van der Waals surface area contributed by atoms with Crippen LogP contribution in [0.4, 0.5) is 8.78 Å². The normalized spacial score (nSPS) is 13.7. The van der Waals surface area contributed by atoms with E-state index in [1.807, 2.05) is 0 Å². The predicted molar refractivity (Wildman–Crippen MR) is 72.1 cm³/mol. The van der Waals surface area contributed by atoms with Gasteiger partial charge in [0.1, 0.15) is 11.6 Å². The van der Waals surface area contributed by atoms with Crippen LogP contribution in [0.2, 0.25) is 5.28 Å². The highest BCUT2D eigenvalue weighted by molar-refractivity contribution is 6.28. The van der Waals surface area contributed by atoms with Gasteiger partial charge in [-0.25, -0.2) is 18.7 Å². The number of hydrogen-bond donors (Lipinski definition) is 1. The summed E-state index contributed by atoms with van der Waals surface area (Å²) in [7, 11) is 0. The van der Waals surface area contributed by atoms with Crippen molar-refractivity contribution in [3.05, 3.63) is 58.6 Å². The van der Waals surface area contributed by atoms with Gasteiger partial charge in [0.05, 0.1) is 12.1 Å². The standard InChI is InChI=1S/C14H11ClF2N2O2/c1-14(7-12(20)21,11-2-3-18-13(15)19-11)8-4-9(16)6-10(17)5-8/h2-6H,7H2,1H3,(H,20,21). The first-order valence-electron chi connectivity index (χ1n) is 5.98. The molecule has 21 heavy (non-hydrogen) atoms. The molecule has 0 aliphatic heterocycles. The fourth-order valence-corrected chi connectivity index (χ4v) is 2.30. The largest absolute Gasteiger partial charge is 0.481 e. The van der Waals surface area contributed by atoms with Gasteiger partial charge in [0.25, 0.3) is 0 Å². The number of rotatable bonds is 4. The van der Waals surface area contributed by atoms with Crippen molar-refractivity contribution in [1.29, 1.82) is 0 Å². The van der Waals surface area contributed by atoms with E-state index in [0.717, 1.165) is 18.2 Å². The van der Waals surface area contributed by atoms with E-state index in [1.165, 1.54) is 19.2 Å². The fourth-order valence-electron chi connectivity index (χ4n) is 2.16. The Hall–Kier alpha value is -2.08. The Morgan fingerprint density at radius 1 is 1.33 bits per heavy atom. The molecule has 2 aromatic rings. The molecule has 7 heteroatoms. The van der Waals surface area contributed by atoms with Gasteiger partial charge in [-0.2, -0.15) is 0 Å². The average Bonchev–Trinajstić information content (AvgIpc) is 2.36. The van der Waals surface area contributed by atoms with Crippen LogP contribution in [0.25, 0.3) is 0 Å². The van der Waals surface area contributed by atoms with Crippen molar-refractivity contribution in [2.75, 3.05) is 0 Å². The number of carbonyl (C=O) groups is 1. The SMILES string of the molecule is CC(CC(=O)O)(c1cc(F)cc(F)c1)c1ccnc(Cl)n1. The van der Waals surface area contributed by atoms with Gasteiger partial charge in [-0.15, -0.1) is 0 Å².